The molecule has 0 N–H and O–H groups in total. The summed E-state index contributed by atoms with van der Waals surface area (Å²) in [7, 11) is 0. The van der Waals surface area contributed by atoms with E-state index >= 15 is 0 Å². The molecule has 116 valence electrons. The van der Waals surface area contributed by atoms with E-state index in [2.05, 4.69) is 49.9 Å². The SMILES string of the molecule is Cc1ccc(CCC2CCN(C(=O)CC(C)C)CC2)cc1. The van der Waals surface area contributed by atoms with Crippen molar-refractivity contribution in [2.24, 2.45) is 11.8 Å². The molecule has 1 aliphatic heterocycles. The molecule has 1 fully saturated rings. The zero-order chi connectivity index (χ0) is 15.2. The fourth-order valence-electron chi connectivity index (χ4n) is 3.07. The standard InChI is InChI=1S/C19H29NO/c1-15(2)14-19(21)20-12-10-18(11-13-20)9-8-17-6-4-16(3)5-7-17/h4-7,15,18H,8-14H2,1-3H3. The summed E-state index contributed by atoms with van der Waals surface area (Å²) in [6, 6.07) is 8.89. The number of nitrogens with zero attached hydrogens (tertiary/aromatic N) is 1. The molecule has 1 saturated heterocycles. The summed E-state index contributed by atoms with van der Waals surface area (Å²) in [6.07, 6.45) is 5.49. The highest BCUT2D eigenvalue weighted by Crippen LogP contribution is 2.23. The number of piperidine rings is 1. The second-order valence-corrected chi connectivity index (χ2v) is 6.95. The average molecular weight is 287 g/mol. The fraction of sp³-hybridized carbons (Fsp3) is 0.632. The largest absolute Gasteiger partial charge is 0.343 e. The van der Waals surface area contributed by atoms with Crippen LogP contribution in [0.15, 0.2) is 24.3 Å². The molecule has 1 heterocycles. The van der Waals surface area contributed by atoms with Crippen LogP contribution in [0.2, 0.25) is 0 Å². The quantitative estimate of drug-likeness (QED) is 0.794. The van der Waals surface area contributed by atoms with Crippen LogP contribution in [-0.2, 0) is 11.2 Å². The Hall–Kier alpha value is -1.31. The highest BCUT2D eigenvalue weighted by Gasteiger charge is 2.22. The van der Waals surface area contributed by atoms with Crippen LogP contribution >= 0.6 is 0 Å². The third-order valence-electron chi connectivity index (χ3n) is 4.51. The van der Waals surface area contributed by atoms with Gasteiger partial charge in [0.05, 0.1) is 0 Å². The number of likely N-dealkylation sites (tertiary alicyclic amines) is 1. The number of benzene rings is 1. The van der Waals surface area contributed by atoms with Gasteiger partial charge in [-0.2, -0.15) is 0 Å². The molecule has 0 spiro atoms. The molecule has 2 heteroatoms. The van der Waals surface area contributed by atoms with Gasteiger partial charge in [-0.25, -0.2) is 0 Å². The summed E-state index contributed by atoms with van der Waals surface area (Å²) in [5.74, 6) is 1.60. The number of rotatable bonds is 5. The predicted molar refractivity (Wildman–Crippen MR) is 88.3 cm³/mol. The minimum Gasteiger partial charge on any atom is -0.343 e. The Morgan fingerprint density at radius 2 is 1.81 bits per heavy atom. The molecule has 1 amide bonds. The minimum atomic E-state index is 0.349. The van der Waals surface area contributed by atoms with Gasteiger partial charge in [0.25, 0.3) is 0 Å². The summed E-state index contributed by atoms with van der Waals surface area (Å²) in [5.41, 5.74) is 2.77. The molecule has 0 unspecified atom stereocenters. The van der Waals surface area contributed by atoms with Crippen molar-refractivity contribution in [3.05, 3.63) is 35.4 Å². The maximum absolute atomic E-state index is 12.1. The first-order valence-corrected chi connectivity index (χ1v) is 8.38. The van der Waals surface area contributed by atoms with Gasteiger partial charge < -0.3 is 4.90 Å². The molecule has 2 rings (SSSR count). The van der Waals surface area contributed by atoms with E-state index in [1.807, 2.05) is 0 Å². The minimum absolute atomic E-state index is 0.349. The zero-order valence-corrected chi connectivity index (χ0v) is 13.8. The second-order valence-electron chi connectivity index (χ2n) is 6.95. The lowest BCUT2D eigenvalue weighted by Gasteiger charge is -2.32. The lowest BCUT2D eigenvalue weighted by atomic mass is 9.90. The molecular weight excluding hydrogens is 258 g/mol. The lowest BCUT2D eigenvalue weighted by Crippen LogP contribution is -2.39. The van der Waals surface area contributed by atoms with E-state index in [0.717, 1.165) is 19.0 Å². The monoisotopic (exact) mass is 287 g/mol. The van der Waals surface area contributed by atoms with Crippen molar-refractivity contribution in [1.29, 1.82) is 0 Å². The maximum Gasteiger partial charge on any atom is 0.222 e. The Morgan fingerprint density at radius 3 is 2.38 bits per heavy atom. The van der Waals surface area contributed by atoms with Crippen molar-refractivity contribution in [1.82, 2.24) is 4.90 Å². The molecule has 21 heavy (non-hydrogen) atoms. The van der Waals surface area contributed by atoms with Crippen LogP contribution in [0.25, 0.3) is 0 Å². The molecule has 0 atom stereocenters. The van der Waals surface area contributed by atoms with Crippen LogP contribution in [-0.4, -0.2) is 23.9 Å². The van der Waals surface area contributed by atoms with Crippen molar-refractivity contribution >= 4 is 5.91 Å². The Morgan fingerprint density at radius 1 is 1.19 bits per heavy atom. The number of amides is 1. The van der Waals surface area contributed by atoms with E-state index in [-0.39, 0.29) is 0 Å². The van der Waals surface area contributed by atoms with Crippen LogP contribution in [0, 0.1) is 18.8 Å². The number of carbonyl (C=O) groups excluding carboxylic acids is 1. The van der Waals surface area contributed by atoms with Gasteiger partial charge >= 0.3 is 0 Å². The summed E-state index contributed by atoms with van der Waals surface area (Å²) >= 11 is 0. The summed E-state index contributed by atoms with van der Waals surface area (Å²) in [4.78, 5) is 14.1. The number of aryl methyl sites for hydroxylation is 2. The third kappa shape index (κ3) is 5.18. The smallest absolute Gasteiger partial charge is 0.222 e. The van der Waals surface area contributed by atoms with Crippen molar-refractivity contribution in [3.63, 3.8) is 0 Å². The van der Waals surface area contributed by atoms with Crippen LogP contribution in [0.1, 0.15) is 50.7 Å². The molecule has 1 aliphatic rings. The predicted octanol–water partition coefficient (Wildman–Crippen LogP) is 4.21. The molecule has 1 aromatic carbocycles. The van der Waals surface area contributed by atoms with E-state index in [4.69, 9.17) is 0 Å². The van der Waals surface area contributed by atoms with E-state index in [1.165, 1.54) is 36.8 Å². The molecule has 0 radical (unpaired) electrons. The van der Waals surface area contributed by atoms with Crippen molar-refractivity contribution in [2.75, 3.05) is 13.1 Å². The number of hydrogen-bond acceptors (Lipinski definition) is 1. The van der Waals surface area contributed by atoms with Crippen LogP contribution in [0.4, 0.5) is 0 Å². The van der Waals surface area contributed by atoms with Gasteiger partial charge in [0.1, 0.15) is 0 Å². The third-order valence-corrected chi connectivity index (χ3v) is 4.51. The zero-order valence-electron chi connectivity index (χ0n) is 13.8. The van der Waals surface area contributed by atoms with Crippen LogP contribution < -0.4 is 0 Å². The first kappa shape index (κ1) is 16.1. The van der Waals surface area contributed by atoms with E-state index in [9.17, 15) is 4.79 Å². The van der Waals surface area contributed by atoms with Crippen molar-refractivity contribution in [2.45, 2.75) is 52.9 Å². The normalized spacial score (nSPS) is 16.5. The first-order chi connectivity index (χ1) is 10.0. The van der Waals surface area contributed by atoms with Gasteiger partial charge in [-0.05, 0) is 50.0 Å². The fourth-order valence-corrected chi connectivity index (χ4v) is 3.07. The highest BCUT2D eigenvalue weighted by atomic mass is 16.2. The lowest BCUT2D eigenvalue weighted by molar-refractivity contribution is -0.133. The molecule has 2 nitrogen and oxygen atoms in total. The van der Waals surface area contributed by atoms with Crippen LogP contribution in [0.5, 0.6) is 0 Å². The summed E-state index contributed by atoms with van der Waals surface area (Å²) in [5, 5.41) is 0. The molecule has 0 aromatic heterocycles. The van der Waals surface area contributed by atoms with E-state index < -0.39 is 0 Å². The van der Waals surface area contributed by atoms with Crippen LogP contribution in [0.3, 0.4) is 0 Å². The Labute approximate surface area is 129 Å². The van der Waals surface area contributed by atoms with Crippen molar-refractivity contribution in [3.8, 4) is 0 Å². The highest BCUT2D eigenvalue weighted by molar-refractivity contribution is 5.76. The topological polar surface area (TPSA) is 20.3 Å². The Bertz CT molecular complexity index is 441. The molecule has 1 aromatic rings. The average Bonchev–Trinajstić information content (AvgIpc) is 2.46. The Kier molecular flexibility index (Phi) is 5.84. The number of hydrogen-bond donors (Lipinski definition) is 0. The van der Waals surface area contributed by atoms with Gasteiger partial charge in [0, 0.05) is 19.5 Å². The maximum atomic E-state index is 12.1. The molecule has 0 bridgehead atoms. The summed E-state index contributed by atoms with van der Waals surface area (Å²) in [6.45, 7) is 8.29. The van der Waals surface area contributed by atoms with E-state index in [1.54, 1.807) is 0 Å². The van der Waals surface area contributed by atoms with Crippen molar-refractivity contribution < 1.29 is 4.79 Å². The first-order valence-electron chi connectivity index (χ1n) is 8.38. The molecular formula is C19H29NO. The van der Waals surface area contributed by atoms with Gasteiger partial charge in [-0.3, -0.25) is 4.79 Å². The Balaban J connectivity index is 1.71. The van der Waals surface area contributed by atoms with Gasteiger partial charge in [-0.1, -0.05) is 43.7 Å². The van der Waals surface area contributed by atoms with E-state index in [0.29, 0.717) is 18.2 Å². The van der Waals surface area contributed by atoms with Gasteiger partial charge in [0.15, 0.2) is 0 Å². The van der Waals surface area contributed by atoms with Gasteiger partial charge in [-0.15, -0.1) is 0 Å². The summed E-state index contributed by atoms with van der Waals surface area (Å²) < 4.78 is 0. The second kappa shape index (κ2) is 7.63. The molecule has 0 aliphatic carbocycles. The molecule has 0 saturated carbocycles. The number of carbonyl (C=O) groups is 1. The van der Waals surface area contributed by atoms with Gasteiger partial charge in [0.2, 0.25) is 5.91 Å².